The van der Waals surface area contributed by atoms with Gasteiger partial charge in [0.25, 0.3) is 0 Å². The lowest BCUT2D eigenvalue weighted by Crippen LogP contribution is -2.30. The van der Waals surface area contributed by atoms with Crippen molar-refractivity contribution >= 4 is 16.0 Å². The lowest BCUT2D eigenvalue weighted by atomic mass is 10.2. The molecule has 0 saturated heterocycles. The van der Waals surface area contributed by atoms with Gasteiger partial charge in [-0.05, 0) is 38.2 Å². The maximum Gasteiger partial charge on any atom is 0.338 e. The number of sulfonamides is 1. The zero-order chi connectivity index (χ0) is 14.3. The second kappa shape index (κ2) is 7.22. The Morgan fingerprint density at radius 1 is 1.21 bits per heavy atom. The van der Waals surface area contributed by atoms with Crippen molar-refractivity contribution in [2.75, 3.05) is 26.7 Å². The second-order valence-electron chi connectivity index (χ2n) is 3.75. The molecule has 0 aliphatic heterocycles. The number of benzene rings is 1. The van der Waals surface area contributed by atoms with Gasteiger partial charge in [-0.3, -0.25) is 0 Å². The highest BCUT2D eigenvalue weighted by Crippen LogP contribution is 2.11. The molecule has 7 heteroatoms. The average Bonchev–Trinajstić information content (AvgIpc) is 2.39. The molecule has 0 aromatic heterocycles. The van der Waals surface area contributed by atoms with Crippen LogP contribution in [-0.2, 0) is 14.8 Å². The summed E-state index contributed by atoms with van der Waals surface area (Å²) in [5.74, 6) is -0.463. The maximum atomic E-state index is 11.9. The molecule has 0 aliphatic carbocycles. The third kappa shape index (κ3) is 4.62. The van der Waals surface area contributed by atoms with Crippen LogP contribution < -0.4 is 10.0 Å². The van der Waals surface area contributed by atoms with Crippen LogP contribution >= 0.6 is 0 Å². The van der Waals surface area contributed by atoms with E-state index in [9.17, 15) is 13.2 Å². The predicted octanol–water partition coefficient (Wildman–Crippen LogP) is 0.361. The molecule has 0 aliphatic rings. The fourth-order valence-electron chi connectivity index (χ4n) is 1.38. The van der Waals surface area contributed by atoms with Crippen molar-refractivity contribution in [1.82, 2.24) is 10.0 Å². The Hall–Kier alpha value is -1.44. The third-order valence-corrected chi connectivity index (χ3v) is 3.82. The molecule has 1 rings (SSSR count). The van der Waals surface area contributed by atoms with Crippen LogP contribution in [0.25, 0.3) is 0 Å². The van der Waals surface area contributed by atoms with Crippen molar-refractivity contribution in [2.24, 2.45) is 0 Å². The number of nitrogens with one attached hydrogen (secondary N) is 2. The molecule has 0 fully saturated rings. The molecule has 0 unspecified atom stereocenters. The first-order valence-corrected chi connectivity index (χ1v) is 7.41. The summed E-state index contributed by atoms with van der Waals surface area (Å²) in [6, 6.07) is 5.64. The molecule has 0 atom stereocenters. The molecule has 0 bridgehead atoms. The van der Waals surface area contributed by atoms with E-state index in [4.69, 9.17) is 4.74 Å². The molecule has 106 valence electrons. The molecular weight excluding hydrogens is 268 g/mol. The minimum Gasteiger partial charge on any atom is -0.462 e. The summed E-state index contributed by atoms with van der Waals surface area (Å²) < 4.78 is 31.0. The summed E-state index contributed by atoms with van der Waals surface area (Å²) in [6.45, 7) is 2.84. The van der Waals surface area contributed by atoms with E-state index < -0.39 is 16.0 Å². The summed E-state index contributed by atoms with van der Waals surface area (Å²) in [4.78, 5) is 11.5. The van der Waals surface area contributed by atoms with Crippen LogP contribution in [-0.4, -0.2) is 41.1 Å². The molecule has 0 amide bonds. The molecule has 0 saturated carbocycles. The Labute approximate surface area is 113 Å². The van der Waals surface area contributed by atoms with Crippen LogP contribution in [0.4, 0.5) is 0 Å². The highest BCUT2D eigenvalue weighted by atomic mass is 32.2. The Morgan fingerprint density at radius 2 is 1.84 bits per heavy atom. The smallest absolute Gasteiger partial charge is 0.338 e. The predicted molar refractivity (Wildman–Crippen MR) is 71.5 cm³/mol. The summed E-state index contributed by atoms with van der Waals surface area (Å²) >= 11 is 0. The van der Waals surface area contributed by atoms with Crippen LogP contribution in [0.1, 0.15) is 17.3 Å². The molecule has 0 heterocycles. The van der Waals surface area contributed by atoms with E-state index in [2.05, 4.69) is 10.0 Å². The minimum atomic E-state index is -3.53. The Morgan fingerprint density at radius 3 is 2.37 bits per heavy atom. The van der Waals surface area contributed by atoms with Crippen LogP contribution in [0.3, 0.4) is 0 Å². The van der Waals surface area contributed by atoms with E-state index in [0.717, 1.165) is 0 Å². The normalized spacial score (nSPS) is 11.3. The number of carbonyl (C=O) groups is 1. The fraction of sp³-hybridized carbons (Fsp3) is 0.417. The quantitative estimate of drug-likeness (QED) is 0.558. The topological polar surface area (TPSA) is 84.5 Å². The number of hydrogen-bond donors (Lipinski definition) is 2. The molecule has 19 heavy (non-hydrogen) atoms. The van der Waals surface area contributed by atoms with Crippen LogP contribution in [0, 0.1) is 0 Å². The first-order valence-electron chi connectivity index (χ1n) is 5.92. The molecule has 0 radical (unpaired) electrons. The van der Waals surface area contributed by atoms with E-state index in [1.54, 1.807) is 14.0 Å². The van der Waals surface area contributed by atoms with Gasteiger partial charge in [-0.1, -0.05) is 0 Å². The Balaban J connectivity index is 2.77. The summed E-state index contributed by atoms with van der Waals surface area (Å²) in [5, 5.41) is 2.84. The van der Waals surface area contributed by atoms with Gasteiger partial charge in [-0.15, -0.1) is 0 Å². The number of esters is 1. The van der Waals surface area contributed by atoms with Gasteiger partial charge >= 0.3 is 5.97 Å². The summed E-state index contributed by atoms with van der Waals surface area (Å²) in [5.41, 5.74) is 0.330. The first kappa shape index (κ1) is 15.6. The standard InChI is InChI=1S/C12H18N2O4S/c1-3-18-12(15)10-4-6-11(7-5-10)19(16,17)14-9-8-13-2/h4-7,13-14H,3,8-9H2,1-2H3. The largest absolute Gasteiger partial charge is 0.462 e. The van der Waals surface area contributed by atoms with E-state index in [1.165, 1.54) is 24.3 Å². The molecular formula is C12H18N2O4S. The monoisotopic (exact) mass is 286 g/mol. The van der Waals surface area contributed by atoms with Crippen molar-refractivity contribution in [3.8, 4) is 0 Å². The highest BCUT2D eigenvalue weighted by molar-refractivity contribution is 7.89. The van der Waals surface area contributed by atoms with Crippen molar-refractivity contribution in [3.63, 3.8) is 0 Å². The van der Waals surface area contributed by atoms with Gasteiger partial charge in [-0.2, -0.15) is 0 Å². The number of ether oxygens (including phenoxy) is 1. The van der Waals surface area contributed by atoms with E-state index >= 15 is 0 Å². The summed E-state index contributed by atoms with van der Waals surface area (Å²) in [6.07, 6.45) is 0. The lowest BCUT2D eigenvalue weighted by Gasteiger charge is -2.07. The molecule has 0 spiro atoms. The maximum absolute atomic E-state index is 11.9. The van der Waals surface area contributed by atoms with Crippen molar-refractivity contribution in [2.45, 2.75) is 11.8 Å². The molecule has 6 nitrogen and oxygen atoms in total. The number of rotatable bonds is 7. The number of hydrogen-bond acceptors (Lipinski definition) is 5. The Kier molecular flexibility index (Phi) is 5.94. The van der Waals surface area contributed by atoms with Crippen molar-refractivity contribution in [1.29, 1.82) is 0 Å². The van der Waals surface area contributed by atoms with Gasteiger partial charge in [0.2, 0.25) is 10.0 Å². The number of carbonyl (C=O) groups excluding carboxylic acids is 1. The SMILES string of the molecule is CCOC(=O)c1ccc(S(=O)(=O)NCCNC)cc1. The van der Waals surface area contributed by atoms with Crippen LogP contribution in [0.5, 0.6) is 0 Å². The lowest BCUT2D eigenvalue weighted by molar-refractivity contribution is 0.0526. The van der Waals surface area contributed by atoms with Gasteiger partial charge in [0.15, 0.2) is 0 Å². The van der Waals surface area contributed by atoms with E-state index in [0.29, 0.717) is 18.7 Å². The molecule has 1 aromatic carbocycles. The van der Waals surface area contributed by atoms with Gasteiger partial charge in [0.05, 0.1) is 17.1 Å². The van der Waals surface area contributed by atoms with Gasteiger partial charge in [0.1, 0.15) is 0 Å². The average molecular weight is 286 g/mol. The van der Waals surface area contributed by atoms with Gasteiger partial charge in [0, 0.05) is 13.1 Å². The van der Waals surface area contributed by atoms with E-state index in [1.807, 2.05) is 0 Å². The molecule has 2 N–H and O–H groups in total. The zero-order valence-corrected chi connectivity index (χ0v) is 11.8. The van der Waals surface area contributed by atoms with Crippen molar-refractivity contribution < 1.29 is 17.9 Å². The summed E-state index contributed by atoms with van der Waals surface area (Å²) in [7, 11) is -1.79. The Bertz CT molecular complexity index is 511. The fourth-order valence-corrected chi connectivity index (χ4v) is 2.41. The van der Waals surface area contributed by atoms with Crippen LogP contribution in [0.15, 0.2) is 29.2 Å². The first-order chi connectivity index (χ1) is 9.01. The molecule has 1 aromatic rings. The van der Waals surface area contributed by atoms with Gasteiger partial charge in [-0.25, -0.2) is 17.9 Å². The van der Waals surface area contributed by atoms with E-state index in [-0.39, 0.29) is 11.5 Å². The van der Waals surface area contributed by atoms with Crippen molar-refractivity contribution in [3.05, 3.63) is 29.8 Å². The third-order valence-electron chi connectivity index (χ3n) is 2.34. The second-order valence-corrected chi connectivity index (χ2v) is 5.51. The minimum absolute atomic E-state index is 0.122. The highest BCUT2D eigenvalue weighted by Gasteiger charge is 2.14. The van der Waals surface area contributed by atoms with Gasteiger partial charge < -0.3 is 10.1 Å². The number of likely N-dealkylation sites (N-methyl/N-ethyl adjacent to an activating group) is 1. The van der Waals surface area contributed by atoms with Crippen LogP contribution in [0.2, 0.25) is 0 Å². The zero-order valence-electron chi connectivity index (χ0n) is 11.0.